The van der Waals surface area contributed by atoms with Gasteiger partial charge < -0.3 is 15.8 Å². The Bertz CT molecular complexity index is 333. The quantitative estimate of drug-likeness (QED) is 0.835. The summed E-state index contributed by atoms with van der Waals surface area (Å²) in [4.78, 5) is 0. The zero-order valence-electron chi connectivity index (χ0n) is 10.5. The van der Waals surface area contributed by atoms with Crippen molar-refractivity contribution in [2.45, 2.75) is 31.3 Å². The monoisotopic (exact) mass is 234 g/mol. The molecule has 0 amide bonds. The lowest BCUT2D eigenvalue weighted by atomic mass is 9.92. The normalized spacial score (nSPS) is 21.1. The lowest BCUT2D eigenvalue weighted by Gasteiger charge is -2.35. The Kier molecular flexibility index (Phi) is 4.15. The van der Waals surface area contributed by atoms with Gasteiger partial charge in [-0.2, -0.15) is 0 Å². The fourth-order valence-corrected chi connectivity index (χ4v) is 2.17. The molecule has 0 aliphatic carbocycles. The molecule has 1 heterocycles. The summed E-state index contributed by atoms with van der Waals surface area (Å²) in [5.41, 5.74) is 7.55. The van der Waals surface area contributed by atoms with Crippen molar-refractivity contribution in [2.24, 2.45) is 5.73 Å². The number of rotatable bonds is 4. The fourth-order valence-electron chi connectivity index (χ4n) is 2.17. The predicted octanol–water partition coefficient (Wildman–Crippen LogP) is 1.85. The molecule has 94 valence electrons. The molecule has 0 unspecified atom stereocenters. The summed E-state index contributed by atoms with van der Waals surface area (Å²) in [5.74, 6) is 0. The predicted molar refractivity (Wildman–Crippen MR) is 69.8 cm³/mol. The zero-order chi connectivity index (χ0) is 12.1. The molecule has 0 bridgehead atoms. The molecular weight excluding hydrogens is 212 g/mol. The second-order valence-electron chi connectivity index (χ2n) is 5.07. The largest absolute Gasteiger partial charge is 0.381 e. The van der Waals surface area contributed by atoms with E-state index in [1.807, 2.05) is 18.2 Å². The number of nitrogens with two attached hydrogens (primary N) is 1. The van der Waals surface area contributed by atoms with Gasteiger partial charge in [0.15, 0.2) is 0 Å². The van der Waals surface area contributed by atoms with Crippen molar-refractivity contribution in [1.82, 2.24) is 5.32 Å². The van der Waals surface area contributed by atoms with Crippen LogP contribution >= 0.6 is 0 Å². The van der Waals surface area contributed by atoms with Gasteiger partial charge in [-0.1, -0.05) is 30.3 Å². The molecule has 1 aliphatic heterocycles. The smallest absolute Gasteiger partial charge is 0.0483 e. The lowest BCUT2D eigenvalue weighted by molar-refractivity contribution is 0.0448. The molecule has 3 N–H and O–H groups in total. The molecule has 3 heteroatoms. The average molecular weight is 234 g/mol. The Hall–Kier alpha value is -0.900. The van der Waals surface area contributed by atoms with Gasteiger partial charge in [-0.05, 0) is 25.3 Å². The van der Waals surface area contributed by atoms with Crippen LogP contribution in [0.15, 0.2) is 30.3 Å². The first-order valence-electron chi connectivity index (χ1n) is 6.33. The minimum absolute atomic E-state index is 0.0656. The molecule has 0 spiro atoms. The third-order valence-electron chi connectivity index (χ3n) is 3.57. The van der Waals surface area contributed by atoms with Gasteiger partial charge in [-0.25, -0.2) is 0 Å². The highest BCUT2D eigenvalue weighted by atomic mass is 16.5. The van der Waals surface area contributed by atoms with Crippen LogP contribution in [-0.4, -0.2) is 25.3 Å². The first kappa shape index (κ1) is 12.6. The van der Waals surface area contributed by atoms with Crippen molar-refractivity contribution in [1.29, 1.82) is 0 Å². The summed E-state index contributed by atoms with van der Waals surface area (Å²) in [6.07, 6.45) is 2.13. The third-order valence-corrected chi connectivity index (χ3v) is 3.57. The van der Waals surface area contributed by atoms with Crippen molar-refractivity contribution < 1.29 is 4.74 Å². The minimum Gasteiger partial charge on any atom is -0.381 e. The van der Waals surface area contributed by atoms with Crippen molar-refractivity contribution in [3.63, 3.8) is 0 Å². The van der Waals surface area contributed by atoms with Gasteiger partial charge in [0.05, 0.1) is 0 Å². The summed E-state index contributed by atoms with van der Waals surface area (Å²) >= 11 is 0. The van der Waals surface area contributed by atoms with E-state index in [-0.39, 0.29) is 11.6 Å². The van der Waals surface area contributed by atoms with Crippen LogP contribution in [-0.2, 0) is 4.74 Å². The molecule has 0 radical (unpaired) electrons. The lowest BCUT2D eigenvalue weighted by Crippen LogP contribution is -2.49. The van der Waals surface area contributed by atoms with E-state index >= 15 is 0 Å². The van der Waals surface area contributed by atoms with E-state index < -0.39 is 0 Å². The fraction of sp³-hybridized carbons (Fsp3) is 0.571. The Morgan fingerprint density at radius 2 is 1.94 bits per heavy atom. The van der Waals surface area contributed by atoms with E-state index in [1.54, 1.807) is 0 Å². The highest BCUT2D eigenvalue weighted by Gasteiger charge is 2.27. The summed E-state index contributed by atoms with van der Waals surface area (Å²) in [7, 11) is 0. The molecular formula is C14H22N2O. The summed E-state index contributed by atoms with van der Waals surface area (Å²) < 4.78 is 5.39. The van der Waals surface area contributed by atoms with Crippen molar-refractivity contribution >= 4 is 0 Å². The molecule has 2 rings (SSSR count). The van der Waals surface area contributed by atoms with Crippen molar-refractivity contribution in [3.05, 3.63) is 35.9 Å². The van der Waals surface area contributed by atoms with Gasteiger partial charge in [0.25, 0.3) is 0 Å². The first-order chi connectivity index (χ1) is 8.20. The van der Waals surface area contributed by atoms with Crippen molar-refractivity contribution in [2.75, 3.05) is 19.8 Å². The van der Waals surface area contributed by atoms with Crippen LogP contribution in [0.4, 0.5) is 0 Å². The Morgan fingerprint density at radius 1 is 1.29 bits per heavy atom. The maximum atomic E-state index is 6.18. The second kappa shape index (κ2) is 5.63. The molecule has 1 aromatic carbocycles. The maximum Gasteiger partial charge on any atom is 0.0483 e. The van der Waals surface area contributed by atoms with Gasteiger partial charge in [0, 0.05) is 31.3 Å². The van der Waals surface area contributed by atoms with E-state index in [2.05, 4.69) is 24.4 Å². The van der Waals surface area contributed by atoms with E-state index in [0.29, 0.717) is 0 Å². The molecule has 1 atom stereocenters. The van der Waals surface area contributed by atoms with E-state index in [1.165, 1.54) is 5.56 Å². The van der Waals surface area contributed by atoms with Crippen LogP contribution in [0, 0.1) is 0 Å². The molecule has 3 nitrogen and oxygen atoms in total. The Labute approximate surface area is 103 Å². The van der Waals surface area contributed by atoms with Gasteiger partial charge in [-0.3, -0.25) is 0 Å². The van der Waals surface area contributed by atoms with Crippen LogP contribution in [0.1, 0.15) is 31.4 Å². The molecule has 1 saturated heterocycles. The number of nitrogens with one attached hydrogen (secondary N) is 1. The molecule has 17 heavy (non-hydrogen) atoms. The molecule has 0 aromatic heterocycles. The zero-order valence-corrected chi connectivity index (χ0v) is 10.5. The number of hydrogen-bond acceptors (Lipinski definition) is 3. The summed E-state index contributed by atoms with van der Waals surface area (Å²) in [6.45, 7) is 4.78. The topological polar surface area (TPSA) is 47.3 Å². The van der Waals surface area contributed by atoms with Crippen LogP contribution < -0.4 is 11.1 Å². The van der Waals surface area contributed by atoms with E-state index in [4.69, 9.17) is 10.5 Å². The minimum atomic E-state index is 0.0656. The van der Waals surface area contributed by atoms with Crippen LogP contribution in [0.25, 0.3) is 0 Å². The molecule has 1 aromatic rings. The number of hydrogen-bond donors (Lipinski definition) is 2. The highest BCUT2D eigenvalue weighted by molar-refractivity contribution is 5.18. The highest BCUT2D eigenvalue weighted by Crippen LogP contribution is 2.20. The Morgan fingerprint density at radius 3 is 2.59 bits per heavy atom. The number of ether oxygens (including phenoxy) is 1. The summed E-state index contributed by atoms with van der Waals surface area (Å²) in [6, 6.07) is 10.3. The molecule has 1 fully saturated rings. The van der Waals surface area contributed by atoms with Crippen LogP contribution in [0.3, 0.4) is 0 Å². The van der Waals surface area contributed by atoms with E-state index in [0.717, 1.165) is 32.6 Å². The second-order valence-corrected chi connectivity index (χ2v) is 5.07. The van der Waals surface area contributed by atoms with Gasteiger partial charge in [0.2, 0.25) is 0 Å². The molecule has 1 aliphatic rings. The Balaban J connectivity index is 1.85. The van der Waals surface area contributed by atoms with Crippen LogP contribution in [0.5, 0.6) is 0 Å². The number of benzene rings is 1. The first-order valence-corrected chi connectivity index (χ1v) is 6.33. The van der Waals surface area contributed by atoms with Gasteiger partial charge >= 0.3 is 0 Å². The van der Waals surface area contributed by atoms with Crippen LogP contribution in [0.2, 0.25) is 0 Å². The SMILES string of the molecule is CC1(NC[C@H](N)c2ccccc2)CCOCC1. The van der Waals surface area contributed by atoms with Gasteiger partial charge in [-0.15, -0.1) is 0 Å². The average Bonchev–Trinajstić information content (AvgIpc) is 2.38. The van der Waals surface area contributed by atoms with E-state index in [9.17, 15) is 0 Å². The summed E-state index contributed by atoms with van der Waals surface area (Å²) in [5, 5.41) is 3.59. The van der Waals surface area contributed by atoms with Gasteiger partial charge in [0.1, 0.15) is 0 Å². The standard InChI is InChI=1S/C14H22N2O/c1-14(7-9-17-10-8-14)16-11-13(15)12-5-3-2-4-6-12/h2-6,13,16H,7-11,15H2,1H3/t13-/m0/s1. The maximum absolute atomic E-state index is 6.18. The van der Waals surface area contributed by atoms with Crippen molar-refractivity contribution in [3.8, 4) is 0 Å². The molecule has 0 saturated carbocycles. The third kappa shape index (κ3) is 3.53.